The van der Waals surface area contributed by atoms with E-state index in [1.54, 1.807) is 0 Å². The van der Waals surface area contributed by atoms with Crippen LogP contribution in [0.25, 0.3) is 0 Å². The van der Waals surface area contributed by atoms with Crippen LogP contribution in [0.1, 0.15) is 12.5 Å². The summed E-state index contributed by atoms with van der Waals surface area (Å²) in [5.74, 6) is -1.63. The molecule has 0 amide bonds. The van der Waals surface area contributed by atoms with Crippen molar-refractivity contribution >= 4 is 5.97 Å². The van der Waals surface area contributed by atoms with E-state index >= 15 is 0 Å². The van der Waals surface area contributed by atoms with Crippen LogP contribution < -0.4 is 0 Å². The molecule has 4 heterocycles. The van der Waals surface area contributed by atoms with Crippen LogP contribution in [0.4, 0.5) is 0 Å². The molecule has 106 valence electrons. The van der Waals surface area contributed by atoms with Gasteiger partial charge in [-0.25, -0.2) is 0 Å². The second-order valence-electron chi connectivity index (χ2n) is 5.05. The van der Waals surface area contributed by atoms with Gasteiger partial charge in [0, 0.05) is 12.5 Å². The molecule has 1 aromatic rings. The summed E-state index contributed by atoms with van der Waals surface area (Å²) in [5, 5.41) is 0. The van der Waals surface area contributed by atoms with Crippen molar-refractivity contribution in [2.75, 3.05) is 6.61 Å². The van der Waals surface area contributed by atoms with E-state index in [4.69, 9.17) is 23.7 Å². The lowest BCUT2D eigenvalue weighted by atomic mass is 10.1. The smallest absolute Gasteiger partial charge is 0.315 e. The number of benzene rings is 1. The summed E-state index contributed by atoms with van der Waals surface area (Å²) >= 11 is 0. The zero-order chi connectivity index (χ0) is 13.7. The first-order valence-corrected chi connectivity index (χ1v) is 6.56. The van der Waals surface area contributed by atoms with Gasteiger partial charge in [-0.1, -0.05) is 30.3 Å². The maximum absolute atomic E-state index is 11.2. The summed E-state index contributed by atoms with van der Waals surface area (Å²) in [6.45, 7) is 1.61. The summed E-state index contributed by atoms with van der Waals surface area (Å²) < 4.78 is 28.5. The Labute approximate surface area is 115 Å². The van der Waals surface area contributed by atoms with Crippen molar-refractivity contribution in [2.45, 2.75) is 37.5 Å². The van der Waals surface area contributed by atoms with Crippen LogP contribution in [0.3, 0.4) is 0 Å². The van der Waals surface area contributed by atoms with Crippen molar-refractivity contribution in [3.8, 4) is 0 Å². The minimum atomic E-state index is -1.26. The van der Waals surface area contributed by atoms with Gasteiger partial charge >= 0.3 is 11.9 Å². The van der Waals surface area contributed by atoms with Gasteiger partial charge in [-0.05, 0) is 0 Å². The molecule has 0 spiro atoms. The molecule has 5 rings (SSSR count). The first-order valence-electron chi connectivity index (χ1n) is 6.56. The van der Waals surface area contributed by atoms with Gasteiger partial charge in [0.25, 0.3) is 0 Å². The van der Waals surface area contributed by atoms with Crippen LogP contribution in [0.15, 0.2) is 30.3 Å². The van der Waals surface area contributed by atoms with Crippen molar-refractivity contribution in [1.82, 2.24) is 0 Å². The summed E-state index contributed by atoms with van der Waals surface area (Å²) in [6.07, 6.45) is -1.90. The van der Waals surface area contributed by atoms with E-state index < -0.39 is 24.5 Å². The van der Waals surface area contributed by atoms with E-state index in [1.165, 1.54) is 6.92 Å². The second-order valence-corrected chi connectivity index (χ2v) is 5.05. The summed E-state index contributed by atoms with van der Waals surface area (Å²) in [7, 11) is 0. The molecular weight excluding hydrogens is 264 g/mol. The molecule has 4 aliphatic heterocycles. The Morgan fingerprint density at radius 2 is 2.10 bits per heavy atom. The largest absolute Gasteiger partial charge is 0.457 e. The number of fused-ring (bicyclic) bond motifs is 1. The van der Waals surface area contributed by atoms with Gasteiger partial charge in [0.05, 0.1) is 6.61 Å². The fraction of sp³-hybridized carbons (Fsp3) is 0.500. The van der Waals surface area contributed by atoms with Gasteiger partial charge in [0.2, 0.25) is 0 Å². The highest BCUT2D eigenvalue weighted by molar-refractivity contribution is 5.66. The molecule has 0 aliphatic carbocycles. The quantitative estimate of drug-likeness (QED) is 0.749. The van der Waals surface area contributed by atoms with E-state index in [0.29, 0.717) is 0 Å². The zero-order valence-electron chi connectivity index (χ0n) is 10.9. The molecule has 6 heteroatoms. The zero-order valence-corrected chi connectivity index (χ0v) is 10.9. The van der Waals surface area contributed by atoms with Crippen LogP contribution in [0.2, 0.25) is 0 Å². The number of carbonyl (C=O) groups excluding carboxylic acids is 1. The van der Waals surface area contributed by atoms with Crippen molar-refractivity contribution in [2.24, 2.45) is 0 Å². The third kappa shape index (κ3) is 1.69. The Morgan fingerprint density at radius 3 is 2.85 bits per heavy atom. The first-order chi connectivity index (χ1) is 9.68. The lowest BCUT2D eigenvalue weighted by Gasteiger charge is -2.25. The Kier molecular flexibility index (Phi) is 2.62. The molecule has 0 saturated carbocycles. The predicted octanol–water partition coefficient (Wildman–Crippen LogP) is 0.899. The van der Waals surface area contributed by atoms with E-state index in [1.807, 2.05) is 30.3 Å². The van der Waals surface area contributed by atoms with Crippen LogP contribution in [0.5, 0.6) is 0 Å². The maximum atomic E-state index is 11.2. The van der Waals surface area contributed by atoms with E-state index in [-0.39, 0.29) is 18.7 Å². The number of hydrogen-bond acceptors (Lipinski definition) is 6. The van der Waals surface area contributed by atoms with Crippen LogP contribution in [-0.4, -0.2) is 37.2 Å². The highest BCUT2D eigenvalue weighted by Gasteiger charge is 2.64. The highest BCUT2D eigenvalue weighted by atomic mass is 17.0. The number of carbonyl (C=O) groups is 1. The molecule has 4 saturated heterocycles. The normalized spacial score (nSPS) is 41.6. The first kappa shape index (κ1) is 12.3. The molecule has 1 aromatic carbocycles. The fourth-order valence-electron chi connectivity index (χ4n) is 2.86. The van der Waals surface area contributed by atoms with Gasteiger partial charge in [-0.15, -0.1) is 0 Å². The Bertz CT molecular complexity index is 532. The molecule has 0 aromatic heterocycles. The predicted molar refractivity (Wildman–Crippen MR) is 64.2 cm³/mol. The molecule has 4 bridgehead atoms. The Balaban J connectivity index is 1.68. The lowest BCUT2D eigenvalue weighted by Crippen LogP contribution is -2.36. The molecule has 0 radical (unpaired) electrons. The van der Waals surface area contributed by atoms with Crippen molar-refractivity contribution in [1.29, 1.82) is 0 Å². The average Bonchev–Trinajstić information content (AvgIpc) is 2.78. The molecule has 5 atom stereocenters. The molecular formula is C14H14O6. The fourth-order valence-corrected chi connectivity index (χ4v) is 2.86. The highest BCUT2D eigenvalue weighted by Crippen LogP contribution is 2.48. The Hall–Kier alpha value is -1.47. The average molecular weight is 278 g/mol. The molecule has 1 unspecified atom stereocenters. The maximum Gasteiger partial charge on any atom is 0.315 e. The van der Waals surface area contributed by atoms with Crippen molar-refractivity contribution in [3.05, 3.63) is 35.9 Å². The summed E-state index contributed by atoms with van der Waals surface area (Å²) in [6, 6.07) is 9.40. The number of esters is 1. The minimum Gasteiger partial charge on any atom is -0.457 e. The van der Waals surface area contributed by atoms with Gasteiger partial charge in [-0.3, -0.25) is 9.53 Å². The molecule has 4 aliphatic rings. The van der Waals surface area contributed by atoms with Gasteiger partial charge in [0.15, 0.2) is 18.5 Å². The van der Waals surface area contributed by atoms with Gasteiger partial charge in [0.1, 0.15) is 6.10 Å². The standard InChI is InChI=1S/C14H14O6/c1-8(15)17-11-10-7-16-14(9-5-3-2-4-6-9)19-12(11)13(18-10)20-14/h2-6,10-13H,7H2,1H3/t10-,11-,12+,13+,14?/m1/s1. The topological polar surface area (TPSA) is 63.2 Å². The minimum absolute atomic E-state index is 0.250. The van der Waals surface area contributed by atoms with Crippen molar-refractivity contribution < 1.29 is 28.5 Å². The third-order valence-corrected chi connectivity index (χ3v) is 3.70. The van der Waals surface area contributed by atoms with E-state index in [0.717, 1.165) is 5.56 Å². The van der Waals surface area contributed by atoms with Crippen LogP contribution in [0, 0.1) is 0 Å². The monoisotopic (exact) mass is 278 g/mol. The third-order valence-electron chi connectivity index (χ3n) is 3.70. The molecule has 4 fully saturated rings. The summed E-state index contributed by atoms with van der Waals surface area (Å²) in [4.78, 5) is 11.2. The Morgan fingerprint density at radius 1 is 1.30 bits per heavy atom. The van der Waals surface area contributed by atoms with Crippen molar-refractivity contribution in [3.63, 3.8) is 0 Å². The van der Waals surface area contributed by atoms with Gasteiger partial charge in [-0.2, -0.15) is 0 Å². The number of rotatable bonds is 2. The number of ether oxygens (including phenoxy) is 5. The molecule has 0 N–H and O–H groups in total. The molecule has 20 heavy (non-hydrogen) atoms. The lowest BCUT2D eigenvalue weighted by molar-refractivity contribution is -0.349. The number of hydrogen-bond donors (Lipinski definition) is 0. The second kappa shape index (κ2) is 4.26. The van der Waals surface area contributed by atoms with E-state index in [2.05, 4.69) is 0 Å². The van der Waals surface area contributed by atoms with Crippen LogP contribution in [-0.2, 0) is 34.5 Å². The van der Waals surface area contributed by atoms with Crippen LogP contribution >= 0.6 is 0 Å². The summed E-state index contributed by atoms with van der Waals surface area (Å²) in [5.41, 5.74) is 0.764. The van der Waals surface area contributed by atoms with E-state index in [9.17, 15) is 4.79 Å². The van der Waals surface area contributed by atoms with Gasteiger partial charge < -0.3 is 18.9 Å². The SMILES string of the molecule is CC(=O)O[C@H]1[C@@H]2OC3(c4ccccc4)OC[C@H]1O[C@H]2O3. The molecule has 6 nitrogen and oxygen atoms in total.